The summed E-state index contributed by atoms with van der Waals surface area (Å²) in [5.41, 5.74) is 1.90. The molecule has 3 atom stereocenters. The van der Waals surface area contributed by atoms with Crippen LogP contribution in [0.1, 0.15) is 13.8 Å². The normalized spacial score (nSPS) is 23.0. The molecule has 158 valence electrons. The highest BCUT2D eigenvalue weighted by Crippen LogP contribution is 2.36. The first-order chi connectivity index (χ1) is 13.7. The van der Waals surface area contributed by atoms with Crippen LogP contribution in [0, 0.1) is 5.92 Å². The molecule has 0 bridgehead atoms. The van der Waals surface area contributed by atoms with E-state index in [0.717, 1.165) is 11.1 Å². The Hall–Kier alpha value is -1.93. The molecule has 0 saturated heterocycles. The molecule has 0 spiro atoms. The minimum Gasteiger partial charge on any atom is -0.487 e. The number of rotatable bonds is 5. The number of aliphatic hydroxyl groups is 1. The molecule has 0 unspecified atom stereocenters. The number of ether oxygens (including phenoxy) is 1. The van der Waals surface area contributed by atoms with Crippen LogP contribution >= 0.6 is 0 Å². The molecule has 1 aliphatic rings. The Morgan fingerprint density at radius 2 is 1.86 bits per heavy atom. The van der Waals surface area contributed by atoms with Gasteiger partial charge in [-0.3, -0.25) is 0 Å². The summed E-state index contributed by atoms with van der Waals surface area (Å²) in [7, 11) is 0.143. The summed E-state index contributed by atoms with van der Waals surface area (Å²) in [6, 6.07) is 14.5. The Bertz CT molecular complexity index is 931. The highest BCUT2D eigenvalue weighted by molar-refractivity contribution is 7.89. The Kier molecular flexibility index (Phi) is 6.63. The third kappa shape index (κ3) is 4.64. The highest BCUT2D eigenvalue weighted by Gasteiger charge is 2.37. The van der Waals surface area contributed by atoms with Crippen molar-refractivity contribution >= 4 is 10.0 Å². The van der Waals surface area contributed by atoms with Gasteiger partial charge in [-0.1, -0.05) is 43.3 Å². The SMILES string of the molecule is C[C@H]1CN([C@@H](C)CO)S(=O)(=O)c2ccc(-c3ccccc3)cc2O[C@@H]1CN(C)C. The quantitative estimate of drug-likeness (QED) is 0.809. The van der Waals surface area contributed by atoms with Gasteiger partial charge in [0.1, 0.15) is 16.7 Å². The molecule has 0 aromatic heterocycles. The third-order valence-corrected chi connectivity index (χ3v) is 7.34. The number of benzene rings is 2. The summed E-state index contributed by atoms with van der Waals surface area (Å²) in [5, 5.41) is 9.67. The number of sulfonamides is 1. The average molecular weight is 419 g/mol. The minimum absolute atomic E-state index is 0.0466. The van der Waals surface area contributed by atoms with Crippen molar-refractivity contribution in [3.63, 3.8) is 0 Å². The summed E-state index contributed by atoms with van der Waals surface area (Å²) in [5.74, 6) is 0.314. The summed E-state index contributed by atoms with van der Waals surface area (Å²) < 4.78 is 34.6. The highest BCUT2D eigenvalue weighted by atomic mass is 32.2. The van der Waals surface area contributed by atoms with Crippen LogP contribution in [-0.4, -0.2) is 68.7 Å². The zero-order valence-corrected chi connectivity index (χ0v) is 18.3. The van der Waals surface area contributed by atoms with Gasteiger partial charge in [0.15, 0.2) is 0 Å². The van der Waals surface area contributed by atoms with Gasteiger partial charge in [0.2, 0.25) is 10.0 Å². The third-order valence-electron chi connectivity index (χ3n) is 5.32. The monoisotopic (exact) mass is 418 g/mol. The number of aliphatic hydroxyl groups excluding tert-OH is 1. The standard InChI is InChI=1S/C22H30N2O4S/c1-16-13-24(17(2)15-25)29(26,27)22-11-10-19(18-8-6-5-7-9-18)12-20(22)28-21(16)14-23(3)4/h5-12,16-17,21,25H,13-15H2,1-4H3/t16-,17-,21+/m0/s1. The van der Waals surface area contributed by atoms with Gasteiger partial charge in [0.05, 0.1) is 6.61 Å². The van der Waals surface area contributed by atoms with Crippen LogP contribution in [0.3, 0.4) is 0 Å². The second-order valence-corrected chi connectivity index (χ2v) is 9.89. The zero-order chi connectivity index (χ0) is 21.2. The first kappa shape index (κ1) is 21.8. The van der Waals surface area contributed by atoms with E-state index in [9.17, 15) is 13.5 Å². The van der Waals surface area contributed by atoms with E-state index in [-0.39, 0.29) is 23.5 Å². The van der Waals surface area contributed by atoms with Crippen molar-refractivity contribution in [1.29, 1.82) is 0 Å². The van der Waals surface area contributed by atoms with Gasteiger partial charge in [-0.15, -0.1) is 0 Å². The lowest BCUT2D eigenvalue weighted by molar-refractivity contribution is 0.0813. The molecule has 2 aromatic rings. The van der Waals surface area contributed by atoms with E-state index < -0.39 is 16.1 Å². The molecule has 1 aliphatic heterocycles. The van der Waals surface area contributed by atoms with Crippen molar-refractivity contribution in [3.8, 4) is 16.9 Å². The Balaban J connectivity index is 2.14. The fraction of sp³-hybridized carbons (Fsp3) is 0.455. The van der Waals surface area contributed by atoms with E-state index in [1.54, 1.807) is 13.0 Å². The van der Waals surface area contributed by atoms with Crippen molar-refractivity contribution in [2.75, 3.05) is 33.8 Å². The lowest BCUT2D eigenvalue weighted by atomic mass is 10.0. The number of hydrogen-bond acceptors (Lipinski definition) is 5. The van der Waals surface area contributed by atoms with Crippen LogP contribution in [0.25, 0.3) is 11.1 Å². The lowest BCUT2D eigenvalue weighted by Gasteiger charge is -2.37. The van der Waals surface area contributed by atoms with Gasteiger partial charge in [-0.25, -0.2) is 8.42 Å². The Morgan fingerprint density at radius 3 is 2.48 bits per heavy atom. The van der Waals surface area contributed by atoms with Crippen molar-refractivity contribution in [3.05, 3.63) is 48.5 Å². The van der Waals surface area contributed by atoms with Gasteiger partial charge in [0.25, 0.3) is 0 Å². The van der Waals surface area contributed by atoms with Crippen molar-refractivity contribution < 1.29 is 18.3 Å². The lowest BCUT2D eigenvalue weighted by Crippen LogP contribution is -2.49. The van der Waals surface area contributed by atoms with Gasteiger partial charge in [-0.05, 0) is 44.3 Å². The molecule has 2 aromatic carbocycles. The molecule has 0 fully saturated rings. The van der Waals surface area contributed by atoms with Crippen LogP contribution in [0.2, 0.25) is 0 Å². The maximum Gasteiger partial charge on any atom is 0.247 e. The zero-order valence-electron chi connectivity index (χ0n) is 17.4. The van der Waals surface area contributed by atoms with Crippen LogP contribution in [0.5, 0.6) is 5.75 Å². The number of nitrogens with zero attached hydrogens (tertiary/aromatic N) is 2. The van der Waals surface area contributed by atoms with Crippen LogP contribution < -0.4 is 4.74 Å². The molecule has 0 aliphatic carbocycles. The van der Waals surface area contributed by atoms with Crippen molar-refractivity contribution in [1.82, 2.24) is 9.21 Å². The molecule has 1 heterocycles. The fourth-order valence-electron chi connectivity index (χ4n) is 3.61. The van der Waals surface area contributed by atoms with Crippen molar-refractivity contribution in [2.45, 2.75) is 30.9 Å². The Morgan fingerprint density at radius 1 is 1.17 bits per heavy atom. The molecule has 6 nitrogen and oxygen atoms in total. The first-order valence-corrected chi connectivity index (χ1v) is 11.3. The molecular formula is C22H30N2O4S. The van der Waals surface area contributed by atoms with E-state index in [2.05, 4.69) is 0 Å². The number of fused-ring (bicyclic) bond motifs is 1. The molecular weight excluding hydrogens is 388 g/mol. The average Bonchev–Trinajstić information content (AvgIpc) is 2.70. The fourth-order valence-corrected chi connectivity index (χ4v) is 5.44. The maximum absolute atomic E-state index is 13.4. The molecule has 0 radical (unpaired) electrons. The summed E-state index contributed by atoms with van der Waals surface area (Å²) in [6.07, 6.45) is -0.182. The minimum atomic E-state index is -3.80. The number of hydrogen-bond donors (Lipinski definition) is 1. The smallest absolute Gasteiger partial charge is 0.247 e. The summed E-state index contributed by atoms with van der Waals surface area (Å²) >= 11 is 0. The molecule has 0 amide bonds. The van der Waals surface area contributed by atoms with Crippen molar-refractivity contribution in [2.24, 2.45) is 5.92 Å². The van der Waals surface area contributed by atoms with Crippen LogP contribution in [0.4, 0.5) is 0 Å². The first-order valence-electron chi connectivity index (χ1n) is 9.87. The van der Waals surface area contributed by atoms with Gasteiger partial charge >= 0.3 is 0 Å². The molecule has 29 heavy (non-hydrogen) atoms. The van der Waals surface area contributed by atoms with Gasteiger partial charge in [0, 0.05) is 25.0 Å². The van der Waals surface area contributed by atoms with E-state index in [1.807, 2.05) is 68.4 Å². The second-order valence-electron chi connectivity index (χ2n) is 8.03. The van der Waals surface area contributed by atoms with Gasteiger partial charge in [-0.2, -0.15) is 4.31 Å². The van der Waals surface area contributed by atoms with Crippen LogP contribution in [0.15, 0.2) is 53.4 Å². The van der Waals surface area contributed by atoms with E-state index in [1.165, 1.54) is 4.31 Å². The van der Waals surface area contributed by atoms with E-state index >= 15 is 0 Å². The summed E-state index contributed by atoms with van der Waals surface area (Å²) in [4.78, 5) is 2.19. The molecule has 3 rings (SSSR count). The molecule has 7 heteroatoms. The maximum atomic E-state index is 13.4. The van der Waals surface area contributed by atoms with E-state index in [0.29, 0.717) is 18.8 Å². The predicted octanol–water partition coefficient (Wildman–Crippen LogP) is 2.68. The molecule has 0 saturated carbocycles. The largest absolute Gasteiger partial charge is 0.487 e. The molecule has 1 N–H and O–H groups in total. The van der Waals surface area contributed by atoms with Crippen LogP contribution in [-0.2, 0) is 10.0 Å². The predicted molar refractivity (Wildman–Crippen MR) is 114 cm³/mol. The van der Waals surface area contributed by atoms with E-state index in [4.69, 9.17) is 4.74 Å². The Labute approximate surface area is 173 Å². The van der Waals surface area contributed by atoms with Gasteiger partial charge < -0.3 is 14.7 Å². The topological polar surface area (TPSA) is 70.1 Å². The summed E-state index contributed by atoms with van der Waals surface area (Å²) in [6.45, 7) is 4.45. The second kappa shape index (κ2) is 8.83. The number of likely N-dealkylation sites (N-methyl/N-ethyl adjacent to an activating group) is 1.